The molecule has 0 bridgehead atoms. The van der Waals surface area contributed by atoms with Crippen molar-refractivity contribution in [3.05, 3.63) is 71.5 Å². The van der Waals surface area contributed by atoms with Crippen LogP contribution in [0.2, 0.25) is 0 Å². The van der Waals surface area contributed by atoms with Crippen LogP contribution in [0.5, 0.6) is 6.01 Å². The molecule has 0 unspecified atom stereocenters. The van der Waals surface area contributed by atoms with Gasteiger partial charge in [-0.2, -0.15) is 23.1 Å². The molecule has 0 aliphatic heterocycles. The Morgan fingerprint density at radius 3 is 2.39 bits per heavy atom. The van der Waals surface area contributed by atoms with E-state index in [0.29, 0.717) is 17.6 Å². The number of methoxy groups -OCH3 is 1. The third kappa shape index (κ3) is 4.76. The van der Waals surface area contributed by atoms with Gasteiger partial charge in [0.15, 0.2) is 0 Å². The van der Waals surface area contributed by atoms with Crippen LogP contribution in [-0.4, -0.2) is 23.6 Å². The first-order valence-corrected chi connectivity index (χ1v) is 8.45. The molecule has 1 aromatic heterocycles. The number of rotatable bonds is 6. The summed E-state index contributed by atoms with van der Waals surface area (Å²) in [5.41, 5.74) is 0.704. The Hall–Kier alpha value is -3.16. The zero-order valence-corrected chi connectivity index (χ0v) is 14.9. The summed E-state index contributed by atoms with van der Waals surface area (Å²) < 4.78 is 56.9. The number of alkyl halides is 3. The van der Waals surface area contributed by atoms with Gasteiger partial charge in [-0.15, -0.1) is 0 Å². The van der Waals surface area contributed by atoms with Crippen molar-refractivity contribution < 1.29 is 22.3 Å². The fourth-order valence-electron chi connectivity index (χ4n) is 2.62. The standard InChI is InChI=1S/C20H17F4N3O/c1-28-19-26-17(14-5-3-2-4-6-14)12-18(27-19)25-10-9-13-7-8-15(11-16(13)21)20(22,23)24/h2-8,11-12H,9-10H2,1H3,(H,25,26,27). The van der Waals surface area contributed by atoms with Crippen molar-refractivity contribution in [3.8, 4) is 17.3 Å². The van der Waals surface area contributed by atoms with Gasteiger partial charge in [0.25, 0.3) is 0 Å². The van der Waals surface area contributed by atoms with Gasteiger partial charge in [-0.05, 0) is 24.1 Å². The van der Waals surface area contributed by atoms with Crippen LogP contribution in [0.15, 0.2) is 54.6 Å². The predicted octanol–water partition coefficient (Wildman–Crippen LogP) is 4.96. The van der Waals surface area contributed by atoms with E-state index in [-0.39, 0.29) is 24.5 Å². The fourth-order valence-corrected chi connectivity index (χ4v) is 2.62. The molecule has 0 spiro atoms. The van der Waals surface area contributed by atoms with Crippen molar-refractivity contribution in [3.63, 3.8) is 0 Å². The van der Waals surface area contributed by atoms with Crippen LogP contribution in [0.3, 0.4) is 0 Å². The lowest BCUT2D eigenvalue weighted by Crippen LogP contribution is -2.10. The van der Waals surface area contributed by atoms with Gasteiger partial charge in [-0.1, -0.05) is 36.4 Å². The highest BCUT2D eigenvalue weighted by atomic mass is 19.4. The number of hydrogen-bond donors (Lipinski definition) is 1. The molecule has 1 heterocycles. The molecule has 8 heteroatoms. The summed E-state index contributed by atoms with van der Waals surface area (Å²) in [6, 6.07) is 13.9. The van der Waals surface area contributed by atoms with Crippen molar-refractivity contribution in [1.29, 1.82) is 0 Å². The van der Waals surface area contributed by atoms with E-state index in [1.807, 2.05) is 30.3 Å². The van der Waals surface area contributed by atoms with E-state index in [0.717, 1.165) is 17.7 Å². The molecule has 0 aliphatic carbocycles. The quantitative estimate of drug-likeness (QED) is 0.603. The average Bonchev–Trinajstić information content (AvgIpc) is 2.69. The molecule has 0 saturated heterocycles. The molecule has 3 rings (SSSR count). The summed E-state index contributed by atoms with van der Waals surface area (Å²) in [4.78, 5) is 8.49. The molecular weight excluding hydrogens is 374 g/mol. The molecule has 0 fully saturated rings. The molecular formula is C20H17F4N3O. The first kappa shape index (κ1) is 19.6. The molecule has 28 heavy (non-hydrogen) atoms. The van der Waals surface area contributed by atoms with E-state index in [9.17, 15) is 17.6 Å². The molecule has 4 nitrogen and oxygen atoms in total. The normalized spacial score (nSPS) is 11.3. The van der Waals surface area contributed by atoms with Crippen LogP contribution >= 0.6 is 0 Å². The lowest BCUT2D eigenvalue weighted by Gasteiger charge is -2.11. The Labute approximate surface area is 159 Å². The van der Waals surface area contributed by atoms with Crippen molar-refractivity contribution in [2.45, 2.75) is 12.6 Å². The fraction of sp³-hybridized carbons (Fsp3) is 0.200. The minimum absolute atomic E-state index is 0.171. The largest absolute Gasteiger partial charge is 0.467 e. The van der Waals surface area contributed by atoms with Crippen LogP contribution in [-0.2, 0) is 12.6 Å². The van der Waals surface area contributed by atoms with Gasteiger partial charge < -0.3 is 10.1 Å². The second-order valence-electron chi connectivity index (χ2n) is 5.97. The summed E-state index contributed by atoms with van der Waals surface area (Å²) in [5.74, 6) is -0.417. The third-order valence-corrected chi connectivity index (χ3v) is 4.04. The van der Waals surface area contributed by atoms with Gasteiger partial charge in [0, 0.05) is 18.2 Å². The summed E-state index contributed by atoms with van der Waals surface area (Å²) in [6.07, 6.45) is -4.38. The molecule has 0 radical (unpaired) electrons. The maximum Gasteiger partial charge on any atom is 0.416 e. The van der Waals surface area contributed by atoms with E-state index >= 15 is 0 Å². The lowest BCUT2D eigenvalue weighted by molar-refractivity contribution is -0.137. The Kier molecular flexibility index (Phi) is 5.77. The van der Waals surface area contributed by atoms with E-state index < -0.39 is 17.6 Å². The Morgan fingerprint density at radius 2 is 1.75 bits per heavy atom. The zero-order chi connectivity index (χ0) is 20.1. The average molecular weight is 391 g/mol. The highest BCUT2D eigenvalue weighted by Gasteiger charge is 2.31. The SMILES string of the molecule is COc1nc(NCCc2ccc(C(F)(F)F)cc2F)cc(-c2ccccc2)n1. The summed E-state index contributed by atoms with van der Waals surface area (Å²) in [7, 11) is 1.45. The van der Waals surface area contributed by atoms with Crippen LogP contribution < -0.4 is 10.1 Å². The first-order valence-electron chi connectivity index (χ1n) is 8.45. The number of halogens is 4. The van der Waals surface area contributed by atoms with E-state index in [1.165, 1.54) is 7.11 Å². The maximum absolute atomic E-state index is 13.9. The summed E-state index contributed by atoms with van der Waals surface area (Å²) in [5, 5.41) is 3.03. The van der Waals surface area contributed by atoms with Gasteiger partial charge in [-0.3, -0.25) is 0 Å². The molecule has 1 N–H and O–H groups in total. The Balaban J connectivity index is 1.71. The van der Waals surface area contributed by atoms with Crippen molar-refractivity contribution in [2.24, 2.45) is 0 Å². The van der Waals surface area contributed by atoms with Crippen LogP contribution in [0.1, 0.15) is 11.1 Å². The number of anilines is 1. The number of hydrogen-bond acceptors (Lipinski definition) is 4. The number of ether oxygens (including phenoxy) is 1. The minimum atomic E-state index is -4.57. The topological polar surface area (TPSA) is 47.0 Å². The van der Waals surface area contributed by atoms with Crippen LogP contribution in [0, 0.1) is 5.82 Å². The van der Waals surface area contributed by atoms with Crippen LogP contribution in [0.4, 0.5) is 23.4 Å². The number of aromatic nitrogens is 2. The first-order chi connectivity index (χ1) is 13.4. The lowest BCUT2D eigenvalue weighted by atomic mass is 10.1. The van der Waals surface area contributed by atoms with Crippen molar-refractivity contribution in [1.82, 2.24) is 9.97 Å². The number of nitrogens with one attached hydrogen (secondary N) is 1. The second kappa shape index (κ2) is 8.24. The molecule has 0 saturated carbocycles. The van der Waals surface area contributed by atoms with Crippen LogP contribution in [0.25, 0.3) is 11.3 Å². The zero-order valence-electron chi connectivity index (χ0n) is 14.9. The highest BCUT2D eigenvalue weighted by Crippen LogP contribution is 2.30. The van der Waals surface area contributed by atoms with E-state index in [2.05, 4.69) is 15.3 Å². The van der Waals surface area contributed by atoms with Gasteiger partial charge in [0.2, 0.25) is 0 Å². The molecule has 0 atom stereocenters. The molecule has 146 valence electrons. The van der Waals surface area contributed by atoms with E-state index in [1.54, 1.807) is 6.07 Å². The van der Waals surface area contributed by atoms with E-state index in [4.69, 9.17) is 4.74 Å². The van der Waals surface area contributed by atoms with Gasteiger partial charge in [0.1, 0.15) is 11.6 Å². The van der Waals surface area contributed by atoms with Crippen molar-refractivity contribution in [2.75, 3.05) is 19.0 Å². The van der Waals surface area contributed by atoms with Gasteiger partial charge >= 0.3 is 12.2 Å². The smallest absolute Gasteiger partial charge is 0.416 e. The number of benzene rings is 2. The molecule has 0 aliphatic rings. The van der Waals surface area contributed by atoms with Gasteiger partial charge in [0.05, 0.1) is 18.4 Å². The maximum atomic E-state index is 13.9. The highest BCUT2D eigenvalue weighted by molar-refractivity contribution is 5.62. The monoisotopic (exact) mass is 391 g/mol. The predicted molar refractivity (Wildman–Crippen MR) is 97.6 cm³/mol. The Morgan fingerprint density at radius 1 is 1.00 bits per heavy atom. The summed E-state index contributed by atoms with van der Waals surface area (Å²) in [6.45, 7) is 0.274. The molecule has 0 amide bonds. The number of nitrogens with zero attached hydrogens (tertiary/aromatic N) is 2. The Bertz CT molecular complexity index is 946. The molecule has 2 aromatic carbocycles. The van der Waals surface area contributed by atoms with Gasteiger partial charge in [-0.25, -0.2) is 4.39 Å². The van der Waals surface area contributed by atoms with Crippen molar-refractivity contribution >= 4 is 5.82 Å². The minimum Gasteiger partial charge on any atom is -0.467 e. The second-order valence-corrected chi connectivity index (χ2v) is 5.97. The molecule has 3 aromatic rings. The summed E-state index contributed by atoms with van der Waals surface area (Å²) >= 11 is 0. The third-order valence-electron chi connectivity index (χ3n) is 4.04.